The standard InChI is InChI=1S/C15H24N4O2S/c1-19(15-17-10-11-22-15)13(20)8-5-9-16-14(21)18-12-6-3-2-4-7-12/h10-12H,2-9H2,1H3,(H2,16,18,21). The Bertz CT molecular complexity index is 472. The van der Waals surface area contributed by atoms with Crippen LogP contribution < -0.4 is 15.5 Å². The van der Waals surface area contributed by atoms with Gasteiger partial charge in [-0.05, 0) is 19.3 Å². The largest absolute Gasteiger partial charge is 0.338 e. The molecule has 1 heterocycles. The SMILES string of the molecule is CN(C(=O)CCCNC(=O)NC1CCCCC1)c1nccs1. The van der Waals surface area contributed by atoms with E-state index in [0.29, 0.717) is 30.6 Å². The first kappa shape index (κ1) is 16.7. The first-order valence-corrected chi connectivity index (χ1v) is 8.75. The summed E-state index contributed by atoms with van der Waals surface area (Å²) in [5.74, 6) is 0.0180. The topological polar surface area (TPSA) is 74.3 Å². The van der Waals surface area contributed by atoms with Crippen molar-refractivity contribution < 1.29 is 9.59 Å². The van der Waals surface area contributed by atoms with Crippen molar-refractivity contribution >= 4 is 28.4 Å². The van der Waals surface area contributed by atoms with E-state index in [1.165, 1.54) is 30.6 Å². The summed E-state index contributed by atoms with van der Waals surface area (Å²) in [7, 11) is 1.73. The first-order chi connectivity index (χ1) is 10.7. The van der Waals surface area contributed by atoms with Gasteiger partial charge in [-0.1, -0.05) is 19.3 Å². The number of hydrogen-bond donors (Lipinski definition) is 2. The van der Waals surface area contributed by atoms with E-state index in [1.807, 2.05) is 5.38 Å². The Labute approximate surface area is 135 Å². The third-order valence-corrected chi connectivity index (χ3v) is 4.72. The second-order valence-electron chi connectivity index (χ2n) is 5.61. The van der Waals surface area contributed by atoms with Crippen LogP contribution in [0.25, 0.3) is 0 Å². The molecule has 7 heteroatoms. The average Bonchev–Trinajstić information content (AvgIpc) is 3.06. The van der Waals surface area contributed by atoms with Crippen molar-refractivity contribution in [2.24, 2.45) is 0 Å². The molecule has 1 fully saturated rings. The summed E-state index contributed by atoms with van der Waals surface area (Å²) in [6, 6.07) is 0.194. The predicted octanol–water partition coefficient (Wildman–Crippen LogP) is 2.52. The molecule has 0 unspecified atom stereocenters. The van der Waals surface area contributed by atoms with Crippen LogP contribution in [0.15, 0.2) is 11.6 Å². The number of anilines is 1. The van der Waals surface area contributed by atoms with Crippen molar-refractivity contribution in [2.45, 2.75) is 51.0 Å². The Morgan fingerprint density at radius 3 is 2.82 bits per heavy atom. The van der Waals surface area contributed by atoms with Gasteiger partial charge in [-0.15, -0.1) is 11.3 Å². The average molecular weight is 324 g/mol. The zero-order valence-corrected chi connectivity index (χ0v) is 13.8. The number of aromatic nitrogens is 1. The van der Waals surface area contributed by atoms with Gasteiger partial charge in [-0.3, -0.25) is 9.69 Å². The summed E-state index contributed by atoms with van der Waals surface area (Å²) < 4.78 is 0. The number of urea groups is 1. The molecule has 6 nitrogen and oxygen atoms in total. The van der Waals surface area contributed by atoms with Gasteiger partial charge in [0.2, 0.25) is 5.91 Å². The lowest BCUT2D eigenvalue weighted by Gasteiger charge is -2.22. The Morgan fingerprint density at radius 1 is 1.36 bits per heavy atom. The Morgan fingerprint density at radius 2 is 2.14 bits per heavy atom. The van der Waals surface area contributed by atoms with Crippen LogP contribution in [-0.2, 0) is 4.79 Å². The van der Waals surface area contributed by atoms with Gasteiger partial charge in [0, 0.05) is 37.6 Å². The Hall–Kier alpha value is -1.63. The summed E-state index contributed by atoms with van der Waals surface area (Å²) in [6.45, 7) is 0.510. The maximum Gasteiger partial charge on any atom is 0.315 e. The molecule has 0 saturated heterocycles. The predicted molar refractivity (Wildman–Crippen MR) is 88.2 cm³/mol. The second kappa shape index (κ2) is 8.73. The molecule has 0 radical (unpaired) electrons. The van der Waals surface area contributed by atoms with Gasteiger partial charge >= 0.3 is 6.03 Å². The lowest BCUT2D eigenvalue weighted by molar-refractivity contribution is -0.118. The minimum Gasteiger partial charge on any atom is -0.338 e. The molecule has 1 saturated carbocycles. The highest BCUT2D eigenvalue weighted by Gasteiger charge is 2.16. The van der Waals surface area contributed by atoms with E-state index in [2.05, 4.69) is 15.6 Å². The van der Waals surface area contributed by atoms with Crippen molar-refractivity contribution in [3.63, 3.8) is 0 Å². The van der Waals surface area contributed by atoms with Crippen LogP contribution in [0.1, 0.15) is 44.9 Å². The van der Waals surface area contributed by atoms with Gasteiger partial charge in [0.1, 0.15) is 0 Å². The molecule has 22 heavy (non-hydrogen) atoms. The van der Waals surface area contributed by atoms with Crippen molar-refractivity contribution in [3.8, 4) is 0 Å². The van der Waals surface area contributed by atoms with Gasteiger partial charge in [0.05, 0.1) is 0 Å². The van der Waals surface area contributed by atoms with Gasteiger partial charge < -0.3 is 10.6 Å². The molecule has 0 aromatic carbocycles. The number of nitrogens with zero attached hydrogens (tertiary/aromatic N) is 2. The highest BCUT2D eigenvalue weighted by atomic mass is 32.1. The number of nitrogens with one attached hydrogen (secondary N) is 2. The summed E-state index contributed by atoms with van der Waals surface area (Å²) >= 11 is 1.44. The van der Waals surface area contributed by atoms with Crippen LogP contribution in [0.2, 0.25) is 0 Å². The lowest BCUT2D eigenvalue weighted by atomic mass is 9.96. The van der Waals surface area contributed by atoms with E-state index in [-0.39, 0.29) is 11.9 Å². The van der Waals surface area contributed by atoms with E-state index in [4.69, 9.17) is 0 Å². The molecule has 0 aliphatic heterocycles. The molecule has 0 atom stereocenters. The molecule has 1 aliphatic carbocycles. The van der Waals surface area contributed by atoms with Crippen molar-refractivity contribution in [1.82, 2.24) is 15.6 Å². The third kappa shape index (κ3) is 5.29. The quantitative estimate of drug-likeness (QED) is 0.790. The lowest BCUT2D eigenvalue weighted by Crippen LogP contribution is -2.43. The van der Waals surface area contributed by atoms with Crippen LogP contribution >= 0.6 is 11.3 Å². The molecule has 2 N–H and O–H groups in total. The zero-order chi connectivity index (χ0) is 15.8. The van der Waals surface area contributed by atoms with E-state index in [0.717, 1.165) is 12.8 Å². The zero-order valence-electron chi connectivity index (χ0n) is 13.0. The molecule has 3 amide bonds. The molecular weight excluding hydrogens is 300 g/mol. The second-order valence-corrected chi connectivity index (χ2v) is 6.48. The minimum absolute atomic E-state index is 0.0180. The summed E-state index contributed by atoms with van der Waals surface area (Å²) in [6.07, 6.45) is 8.53. The fraction of sp³-hybridized carbons (Fsp3) is 0.667. The maximum atomic E-state index is 12.0. The summed E-state index contributed by atoms with van der Waals surface area (Å²) in [5, 5.41) is 8.37. The Balaban J connectivity index is 1.58. The summed E-state index contributed by atoms with van der Waals surface area (Å²) in [5.41, 5.74) is 0. The van der Waals surface area contributed by atoms with Crippen molar-refractivity contribution in [3.05, 3.63) is 11.6 Å². The number of thiazole rings is 1. The number of carbonyl (C=O) groups is 2. The van der Waals surface area contributed by atoms with Crippen LogP contribution in [0, 0.1) is 0 Å². The van der Waals surface area contributed by atoms with Crippen LogP contribution in [0.3, 0.4) is 0 Å². The van der Waals surface area contributed by atoms with Gasteiger partial charge in [-0.2, -0.15) is 0 Å². The van der Waals surface area contributed by atoms with Gasteiger partial charge in [0.15, 0.2) is 5.13 Å². The Kier molecular flexibility index (Phi) is 6.64. The molecular formula is C15H24N4O2S. The molecule has 0 spiro atoms. The molecule has 1 aromatic rings. The number of rotatable bonds is 6. The van der Waals surface area contributed by atoms with Crippen LogP contribution in [-0.4, -0.2) is 36.6 Å². The van der Waals surface area contributed by atoms with Gasteiger partial charge in [0.25, 0.3) is 0 Å². The highest BCUT2D eigenvalue weighted by Crippen LogP contribution is 2.17. The van der Waals surface area contributed by atoms with Crippen LogP contribution in [0.4, 0.5) is 9.93 Å². The maximum absolute atomic E-state index is 12.0. The van der Waals surface area contributed by atoms with E-state index in [9.17, 15) is 9.59 Å². The van der Waals surface area contributed by atoms with Crippen LogP contribution in [0.5, 0.6) is 0 Å². The van der Waals surface area contributed by atoms with Crippen molar-refractivity contribution in [1.29, 1.82) is 0 Å². The molecule has 2 rings (SSSR count). The number of hydrogen-bond acceptors (Lipinski definition) is 4. The van der Waals surface area contributed by atoms with Crippen molar-refractivity contribution in [2.75, 3.05) is 18.5 Å². The molecule has 1 aromatic heterocycles. The number of amides is 3. The monoisotopic (exact) mass is 324 g/mol. The highest BCUT2D eigenvalue weighted by molar-refractivity contribution is 7.13. The minimum atomic E-state index is -0.118. The van der Waals surface area contributed by atoms with E-state index < -0.39 is 0 Å². The molecule has 1 aliphatic rings. The summed E-state index contributed by atoms with van der Waals surface area (Å²) in [4.78, 5) is 29.4. The van der Waals surface area contributed by atoms with E-state index >= 15 is 0 Å². The normalized spacial score (nSPS) is 15.3. The number of carbonyl (C=O) groups excluding carboxylic acids is 2. The molecule has 122 valence electrons. The first-order valence-electron chi connectivity index (χ1n) is 7.87. The smallest absolute Gasteiger partial charge is 0.315 e. The van der Waals surface area contributed by atoms with Gasteiger partial charge in [-0.25, -0.2) is 9.78 Å². The van der Waals surface area contributed by atoms with E-state index in [1.54, 1.807) is 18.1 Å². The molecule has 0 bridgehead atoms. The fourth-order valence-corrected chi connectivity index (χ4v) is 3.21. The fourth-order valence-electron chi connectivity index (χ4n) is 2.58. The third-order valence-electron chi connectivity index (χ3n) is 3.87.